The van der Waals surface area contributed by atoms with Crippen LogP contribution in [-0.2, 0) is 24.2 Å². The van der Waals surface area contributed by atoms with Gasteiger partial charge in [0.15, 0.2) is 9.76 Å². The first kappa shape index (κ1) is 27.2. The van der Waals surface area contributed by atoms with Crippen LogP contribution in [0.3, 0.4) is 0 Å². The first-order chi connectivity index (χ1) is 15.8. The lowest BCUT2D eigenvalue weighted by molar-refractivity contribution is -0.171. The number of carbonyl (C=O) groups excluding carboxylic acids is 2. The quantitative estimate of drug-likeness (QED) is 0.365. The fourth-order valence-corrected chi connectivity index (χ4v) is 6.40. The second-order valence-corrected chi connectivity index (χ2v) is 15.2. The van der Waals surface area contributed by atoms with Crippen molar-refractivity contribution >= 4 is 33.2 Å². The van der Waals surface area contributed by atoms with Gasteiger partial charge in [0, 0.05) is 17.5 Å². The van der Waals surface area contributed by atoms with Gasteiger partial charge in [-0.25, -0.2) is 4.79 Å². The third-order valence-electron chi connectivity index (χ3n) is 7.27. The van der Waals surface area contributed by atoms with Gasteiger partial charge in [-0.3, -0.25) is 4.79 Å². The third-order valence-corrected chi connectivity index (χ3v) is 9.28. The second-order valence-electron chi connectivity index (χ2n) is 12.1. The van der Waals surface area contributed by atoms with Crippen molar-refractivity contribution in [3.63, 3.8) is 0 Å². The van der Waals surface area contributed by atoms with Crippen LogP contribution in [0, 0.1) is 5.92 Å². The number of piperidine rings is 1. The van der Waals surface area contributed by atoms with Gasteiger partial charge in [0.1, 0.15) is 6.04 Å². The molecule has 190 valence electrons. The van der Waals surface area contributed by atoms with Crippen LogP contribution in [0.1, 0.15) is 86.1 Å². The van der Waals surface area contributed by atoms with Crippen molar-refractivity contribution in [3.8, 4) is 0 Å². The van der Waals surface area contributed by atoms with E-state index >= 15 is 0 Å². The summed E-state index contributed by atoms with van der Waals surface area (Å²) in [5, 5.41) is 0.795. The summed E-state index contributed by atoms with van der Waals surface area (Å²) >= 11 is 6.13. The molecule has 2 aliphatic rings. The minimum absolute atomic E-state index is 0.0420. The molecule has 1 aliphatic carbocycles. The number of esters is 1. The first-order valence-corrected chi connectivity index (χ1v) is 14.3. The molecule has 2 fully saturated rings. The summed E-state index contributed by atoms with van der Waals surface area (Å²) in [6.45, 7) is 15.0. The Hall–Kier alpha value is -1.37. The maximum atomic E-state index is 14.2. The molecule has 34 heavy (non-hydrogen) atoms. The molecule has 0 unspecified atom stereocenters. The first-order valence-electron chi connectivity index (χ1n) is 12.7. The van der Waals surface area contributed by atoms with Crippen molar-refractivity contribution in [1.82, 2.24) is 4.90 Å². The van der Waals surface area contributed by atoms with E-state index in [4.69, 9.17) is 20.8 Å². The number of hydrogen-bond acceptors (Lipinski definition) is 4. The number of ether oxygens (including phenoxy) is 1. The lowest BCUT2D eigenvalue weighted by Crippen LogP contribution is -2.63. The van der Waals surface area contributed by atoms with Crippen LogP contribution in [0.15, 0.2) is 24.3 Å². The van der Waals surface area contributed by atoms with Gasteiger partial charge in [0.2, 0.25) is 5.91 Å². The highest BCUT2D eigenvalue weighted by Gasteiger charge is 2.54. The number of amides is 1. The molecule has 1 aromatic rings. The molecule has 1 aliphatic heterocycles. The summed E-state index contributed by atoms with van der Waals surface area (Å²) < 4.78 is 12.3. The molecular formula is C27H42ClNO4Si. The van der Waals surface area contributed by atoms with E-state index in [1.807, 2.05) is 43.0 Å². The Bertz CT molecular complexity index is 874. The van der Waals surface area contributed by atoms with Crippen LogP contribution >= 0.6 is 11.6 Å². The van der Waals surface area contributed by atoms with Crippen LogP contribution < -0.4 is 0 Å². The topological polar surface area (TPSA) is 55.8 Å². The van der Waals surface area contributed by atoms with Crippen molar-refractivity contribution in [2.75, 3.05) is 6.54 Å². The maximum Gasteiger partial charge on any atom is 0.329 e. The lowest BCUT2D eigenvalue weighted by atomic mass is 9.63. The number of nitrogens with zero attached hydrogens (tertiary/aromatic N) is 1. The fourth-order valence-electron chi connectivity index (χ4n) is 5.25. The highest BCUT2D eigenvalue weighted by Crippen LogP contribution is 2.47. The molecule has 1 amide bonds. The van der Waals surface area contributed by atoms with Crippen LogP contribution in [0.4, 0.5) is 0 Å². The van der Waals surface area contributed by atoms with Crippen LogP contribution in [0.25, 0.3) is 0 Å². The zero-order valence-electron chi connectivity index (χ0n) is 21.9. The van der Waals surface area contributed by atoms with E-state index in [1.165, 1.54) is 0 Å². The van der Waals surface area contributed by atoms with Gasteiger partial charge in [-0.05, 0) is 76.1 Å². The van der Waals surface area contributed by atoms with E-state index in [2.05, 4.69) is 34.6 Å². The molecular weight excluding hydrogens is 466 g/mol. The van der Waals surface area contributed by atoms with Crippen LogP contribution in [-0.4, -0.2) is 50.8 Å². The van der Waals surface area contributed by atoms with Gasteiger partial charge in [-0.1, -0.05) is 50.9 Å². The summed E-state index contributed by atoms with van der Waals surface area (Å²) in [6.07, 6.45) is 4.02. The van der Waals surface area contributed by atoms with Crippen LogP contribution in [0.2, 0.25) is 10.1 Å². The van der Waals surface area contributed by atoms with Gasteiger partial charge in [-0.2, -0.15) is 0 Å². The molecule has 1 heterocycles. The molecule has 0 spiro atoms. The number of halogens is 1. The van der Waals surface area contributed by atoms with Crippen molar-refractivity contribution < 1.29 is 18.8 Å². The summed E-state index contributed by atoms with van der Waals surface area (Å²) in [5.74, 6) is -0.387. The molecule has 7 heteroatoms. The minimum Gasteiger partial charge on any atom is -0.461 e. The highest BCUT2D eigenvalue weighted by molar-refractivity contribution is 6.31. The van der Waals surface area contributed by atoms with E-state index in [0.29, 0.717) is 11.6 Å². The normalized spacial score (nSPS) is 23.3. The van der Waals surface area contributed by atoms with Gasteiger partial charge in [0.25, 0.3) is 0 Å². The molecule has 0 radical (unpaired) electrons. The zero-order valence-corrected chi connectivity index (χ0v) is 24.1. The Labute approximate surface area is 212 Å². The molecule has 1 saturated heterocycles. The van der Waals surface area contributed by atoms with Crippen molar-refractivity contribution in [2.45, 2.75) is 109 Å². The van der Waals surface area contributed by atoms with Crippen LogP contribution in [0.5, 0.6) is 0 Å². The average molecular weight is 508 g/mol. The number of likely N-dealkylation sites (tertiary alicyclic amines) is 1. The molecule has 0 aromatic heterocycles. The molecule has 0 N–H and O–H groups in total. The Balaban J connectivity index is 1.96. The Kier molecular flexibility index (Phi) is 8.26. The molecule has 0 bridgehead atoms. The minimum atomic E-state index is -0.839. The summed E-state index contributed by atoms with van der Waals surface area (Å²) in [7, 11) is -0.839. The average Bonchev–Trinajstić information content (AvgIpc) is 2.71. The van der Waals surface area contributed by atoms with E-state index in [-0.39, 0.29) is 28.9 Å². The SMILES string of the molecule is CC(C)OC(=O)[C@H]1[C@@H](C(C)(C)O[SiH2]C(C)(C)C)CCCN1C(=O)C1(c2ccc(Cl)cc2)CCC1. The standard InChI is InChI=1S/C27H42ClNO4Si/c1-18(2)32-23(30)22-21(26(6,7)33-34-25(3,4)5)10-8-17-29(22)24(31)27(15-9-16-27)19-11-13-20(28)14-12-19/h11-14,18,21-22H,8-10,15-17,34H2,1-7H3/t21-,22+/m0/s1. The molecule has 1 saturated carbocycles. The van der Waals surface area contributed by atoms with Crippen molar-refractivity contribution in [1.29, 1.82) is 0 Å². The Morgan fingerprint density at radius 3 is 2.21 bits per heavy atom. The Morgan fingerprint density at radius 1 is 1.09 bits per heavy atom. The summed E-state index contributed by atoms with van der Waals surface area (Å²) in [4.78, 5) is 29.6. The smallest absolute Gasteiger partial charge is 0.329 e. The van der Waals surface area contributed by atoms with Gasteiger partial charge in [0.05, 0.1) is 17.1 Å². The predicted molar refractivity (Wildman–Crippen MR) is 140 cm³/mol. The monoisotopic (exact) mass is 507 g/mol. The molecule has 1 aromatic carbocycles. The molecule has 5 nitrogen and oxygen atoms in total. The van der Waals surface area contributed by atoms with Crippen molar-refractivity contribution in [3.05, 3.63) is 34.9 Å². The fraction of sp³-hybridized carbons (Fsp3) is 0.704. The zero-order chi connectivity index (χ0) is 25.3. The summed E-state index contributed by atoms with van der Waals surface area (Å²) in [5.41, 5.74) is -0.123. The largest absolute Gasteiger partial charge is 0.461 e. The predicted octanol–water partition coefficient (Wildman–Crippen LogP) is 5.42. The van der Waals surface area contributed by atoms with Gasteiger partial charge < -0.3 is 14.1 Å². The van der Waals surface area contributed by atoms with E-state index < -0.39 is 26.8 Å². The Morgan fingerprint density at radius 2 is 1.71 bits per heavy atom. The molecule has 2 atom stereocenters. The maximum absolute atomic E-state index is 14.2. The third kappa shape index (κ3) is 5.88. The number of carbonyl (C=O) groups is 2. The van der Waals surface area contributed by atoms with E-state index in [0.717, 1.165) is 37.7 Å². The number of benzene rings is 1. The summed E-state index contributed by atoms with van der Waals surface area (Å²) in [6, 6.07) is 6.98. The number of rotatable bonds is 7. The second kappa shape index (κ2) is 10.3. The van der Waals surface area contributed by atoms with Gasteiger partial charge >= 0.3 is 5.97 Å². The van der Waals surface area contributed by atoms with E-state index in [1.54, 1.807) is 0 Å². The molecule has 3 rings (SSSR count). The van der Waals surface area contributed by atoms with E-state index in [9.17, 15) is 9.59 Å². The highest BCUT2D eigenvalue weighted by atomic mass is 35.5. The van der Waals surface area contributed by atoms with Gasteiger partial charge in [-0.15, -0.1) is 0 Å². The van der Waals surface area contributed by atoms with Crippen molar-refractivity contribution in [2.24, 2.45) is 5.92 Å². The number of hydrogen-bond donors (Lipinski definition) is 0. The lowest BCUT2D eigenvalue weighted by Gasteiger charge is -2.51.